The number of likely N-dealkylation sites (tertiary alicyclic amines) is 1. The van der Waals surface area contributed by atoms with E-state index in [4.69, 9.17) is 0 Å². The van der Waals surface area contributed by atoms with Gasteiger partial charge in [-0.15, -0.1) is 10.2 Å². The highest BCUT2D eigenvalue weighted by Gasteiger charge is 2.28. The van der Waals surface area contributed by atoms with E-state index in [-0.39, 0.29) is 11.8 Å². The number of aromatic nitrogens is 4. The molecule has 1 saturated heterocycles. The van der Waals surface area contributed by atoms with Gasteiger partial charge in [-0.3, -0.25) is 4.79 Å². The van der Waals surface area contributed by atoms with Crippen LogP contribution in [0.4, 0.5) is 0 Å². The lowest BCUT2D eigenvalue weighted by molar-refractivity contribution is 0.0698. The van der Waals surface area contributed by atoms with Crippen LogP contribution >= 0.6 is 0 Å². The third kappa shape index (κ3) is 3.07. The van der Waals surface area contributed by atoms with Crippen LogP contribution in [0.5, 0.6) is 0 Å². The molecular weight excluding hydrogens is 314 g/mol. The number of aromatic amines is 1. The Hall–Kier alpha value is -2.89. The zero-order valence-electron chi connectivity index (χ0n) is 14.2. The van der Waals surface area contributed by atoms with Gasteiger partial charge in [0.2, 0.25) is 0 Å². The van der Waals surface area contributed by atoms with Gasteiger partial charge in [0, 0.05) is 31.7 Å². The highest BCUT2D eigenvalue weighted by Crippen LogP contribution is 2.26. The molecule has 1 fully saturated rings. The molecule has 0 saturated carbocycles. The molecule has 0 spiro atoms. The molecule has 25 heavy (non-hydrogen) atoms. The molecule has 1 amide bonds. The van der Waals surface area contributed by atoms with Gasteiger partial charge < -0.3 is 14.5 Å². The second kappa shape index (κ2) is 6.55. The van der Waals surface area contributed by atoms with Gasteiger partial charge in [0.05, 0.1) is 0 Å². The summed E-state index contributed by atoms with van der Waals surface area (Å²) in [4.78, 5) is 18.1. The van der Waals surface area contributed by atoms with E-state index >= 15 is 0 Å². The number of hydrogen-bond donors (Lipinski definition) is 1. The summed E-state index contributed by atoms with van der Waals surface area (Å²) in [5.41, 5.74) is 2.68. The van der Waals surface area contributed by atoms with Crippen LogP contribution in [0.1, 0.15) is 35.1 Å². The number of aryl methyl sites for hydroxylation is 1. The Labute approximate surface area is 146 Å². The lowest BCUT2D eigenvalue weighted by atomic mass is 9.97. The van der Waals surface area contributed by atoms with Crippen molar-refractivity contribution in [3.05, 3.63) is 60.3 Å². The fraction of sp³-hybridized carbons (Fsp3) is 0.316. The van der Waals surface area contributed by atoms with Crippen molar-refractivity contribution in [1.82, 2.24) is 24.6 Å². The Morgan fingerprint density at radius 1 is 1.20 bits per heavy atom. The van der Waals surface area contributed by atoms with Crippen molar-refractivity contribution in [2.75, 3.05) is 13.1 Å². The minimum Gasteiger partial charge on any atom is -0.351 e. The summed E-state index contributed by atoms with van der Waals surface area (Å²) in [6.07, 6.45) is 3.74. The third-order valence-corrected chi connectivity index (χ3v) is 4.82. The van der Waals surface area contributed by atoms with E-state index in [2.05, 4.69) is 15.2 Å². The summed E-state index contributed by atoms with van der Waals surface area (Å²) in [5, 5.41) is 8.18. The van der Waals surface area contributed by atoms with Crippen LogP contribution in [-0.4, -0.2) is 43.6 Å². The largest absolute Gasteiger partial charge is 0.351 e. The fourth-order valence-electron chi connectivity index (χ4n) is 3.51. The molecule has 6 nitrogen and oxygen atoms in total. The first-order valence-electron chi connectivity index (χ1n) is 8.60. The Morgan fingerprint density at radius 3 is 2.80 bits per heavy atom. The highest BCUT2D eigenvalue weighted by molar-refractivity contribution is 5.93. The number of nitrogens with one attached hydrogen (secondary N) is 1. The number of hydrogen-bond acceptors (Lipinski definition) is 3. The number of nitrogens with zero attached hydrogens (tertiary/aromatic N) is 4. The van der Waals surface area contributed by atoms with E-state index < -0.39 is 0 Å². The van der Waals surface area contributed by atoms with Gasteiger partial charge in [-0.2, -0.15) is 0 Å². The Balaban J connectivity index is 1.51. The van der Waals surface area contributed by atoms with Crippen LogP contribution in [-0.2, 0) is 7.05 Å². The lowest BCUT2D eigenvalue weighted by Gasteiger charge is -2.31. The maximum atomic E-state index is 12.9. The molecule has 128 valence electrons. The number of carbonyl (C=O) groups is 1. The van der Waals surface area contributed by atoms with Gasteiger partial charge in [-0.25, -0.2) is 0 Å². The number of benzene rings is 1. The number of H-pyrrole nitrogens is 1. The first-order valence-corrected chi connectivity index (χ1v) is 8.60. The zero-order valence-corrected chi connectivity index (χ0v) is 14.2. The predicted molar refractivity (Wildman–Crippen MR) is 95.1 cm³/mol. The molecule has 0 radical (unpaired) electrons. The predicted octanol–water partition coefficient (Wildman–Crippen LogP) is 2.83. The molecular formula is C19H21N5O. The molecule has 1 aliphatic heterocycles. The molecule has 1 aliphatic rings. The standard InChI is InChI=1S/C19H21N5O/c1-23-13-20-22-18(23)15-8-5-11-24(12-15)19(25)17-10-9-16(21-17)14-6-3-2-4-7-14/h2-4,6-7,9-10,13,15,21H,5,8,11-12H2,1H3. The van der Waals surface area contributed by atoms with Crippen molar-refractivity contribution in [3.63, 3.8) is 0 Å². The minimum atomic E-state index is 0.0500. The topological polar surface area (TPSA) is 66.8 Å². The third-order valence-electron chi connectivity index (χ3n) is 4.82. The van der Waals surface area contributed by atoms with Crippen LogP contribution in [0, 0.1) is 0 Å². The number of rotatable bonds is 3. The van der Waals surface area contributed by atoms with E-state index in [0.717, 1.165) is 36.5 Å². The molecule has 3 heterocycles. The van der Waals surface area contributed by atoms with Crippen LogP contribution < -0.4 is 0 Å². The molecule has 4 rings (SSSR count). The smallest absolute Gasteiger partial charge is 0.270 e. The maximum Gasteiger partial charge on any atom is 0.270 e. The molecule has 1 N–H and O–H groups in total. The lowest BCUT2D eigenvalue weighted by Crippen LogP contribution is -2.39. The van der Waals surface area contributed by atoms with E-state index in [1.165, 1.54) is 0 Å². The minimum absolute atomic E-state index is 0.0500. The molecule has 1 unspecified atom stereocenters. The summed E-state index contributed by atoms with van der Waals surface area (Å²) < 4.78 is 1.95. The quantitative estimate of drug-likeness (QED) is 0.800. The van der Waals surface area contributed by atoms with Crippen molar-refractivity contribution in [2.45, 2.75) is 18.8 Å². The van der Waals surface area contributed by atoms with Crippen molar-refractivity contribution >= 4 is 5.91 Å². The first-order chi connectivity index (χ1) is 12.2. The Kier molecular flexibility index (Phi) is 4.09. The van der Waals surface area contributed by atoms with Crippen LogP contribution in [0.3, 0.4) is 0 Å². The van der Waals surface area contributed by atoms with Crippen molar-refractivity contribution in [1.29, 1.82) is 0 Å². The second-order valence-corrected chi connectivity index (χ2v) is 6.54. The highest BCUT2D eigenvalue weighted by atomic mass is 16.2. The second-order valence-electron chi connectivity index (χ2n) is 6.54. The first kappa shape index (κ1) is 15.6. The normalized spacial score (nSPS) is 17.6. The molecule has 0 bridgehead atoms. The average molecular weight is 335 g/mol. The van der Waals surface area contributed by atoms with Gasteiger partial charge in [0.25, 0.3) is 5.91 Å². The summed E-state index contributed by atoms with van der Waals surface area (Å²) >= 11 is 0. The molecule has 2 aromatic heterocycles. The molecule has 0 aliphatic carbocycles. The van der Waals surface area contributed by atoms with E-state index in [0.29, 0.717) is 12.2 Å². The van der Waals surface area contributed by atoms with E-state index in [1.54, 1.807) is 6.33 Å². The molecule has 1 atom stereocenters. The number of carbonyl (C=O) groups excluding carboxylic acids is 1. The van der Waals surface area contributed by atoms with Crippen LogP contribution in [0.25, 0.3) is 11.3 Å². The monoisotopic (exact) mass is 335 g/mol. The average Bonchev–Trinajstić information content (AvgIpc) is 3.31. The summed E-state index contributed by atoms with van der Waals surface area (Å²) in [6.45, 7) is 1.47. The van der Waals surface area contributed by atoms with Crippen LogP contribution in [0.15, 0.2) is 48.8 Å². The van der Waals surface area contributed by atoms with Gasteiger partial charge in [-0.1, -0.05) is 30.3 Å². The SMILES string of the molecule is Cn1cnnc1C1CCCN(C(=O)c2ccc(-c3ccccc3)[nH]2)C1. The van der Waals surface area contributed by atoms with Gasteiger partial charge in [0.15, 0.2) is 0 Å². The number of amides is 1. The fourth-order valence-corrected chi connectivity index (χ4v) is 3.51. The van der Waals surface area contributed by atoms with Crippen LogP contribution in [0.2, 0.25) is 0 Å². The molecule has 3 aromatic rings. The summed E-state index contributed by atoms with van der Waals surface area (Å²) in [7, 11) is 1.95. The number of piperidine rings is 1. The molecule has 6 heteroatoms. The Bertz CT molecular complexity index is 867. The van der Waals surface area contributed by atoms with Gasteiger partial charge in [0.1, 0.15) is 17.8 Å². The van der Waals surface area contributed by atoms with Gasteiger partial charge in [-0.05, 0) is 30.5 Å². The zero-order chi connectivity index (χ0) is 17.2. The summed E-state index contributed by atoms with van der Waals surface area (Å²) in [6, 6.07) is 13.9. The molecule has 1 aromatic carbocycles. The maximum absolute atomic E-state index is 12.9. The Morgan fingerprint density at radius 2 is 2.04 bits per heavy atom. The van der Waals surface area contributed by atoms with Crippen molar-refractivity contribution in [3.8, 4) is 11.3 Å². The van der Waals surface area contributed by atoms with Crippen molar-refractivity contribution < 1.29 is 4.79 Å². The van der Waals surface area contributed by atoms with E-state index in [1.807, 2.05) is 59.0 Å². The van der Waals surface area contributed by atoms with Crippen molar-refractivity contribution in [2.24, 2.45) is 7.05 Å². The van der Waals surface area contributed by atoms with E-state index in [9.17, 15) is 4.79 Å². The summed E-state index contributed by atoms with van der Waals surface area (Å²) in [5.74, 6) is 1.25. The van der Waals surface area contributed by atoms with Gasteiger partial charge >= 0.3 is 0 Å².